The van der Waals surface area contributed by atoms with Crippen molar-refractivity contribution in [1.82, 2.24) is 10.3 Å². The van der Waals surface area contributed by atoms with E-state index in [2.05, 4.69) is 22.9 Å². The number of aliphatic carboxylic acids is 1. The Kier molecular flexibility index (Phi) is 4.58. The van der Waals surface area contributed by atoms with E-state index in [1.807, 2.05) is 36.4 Å². The van der Waals surface area contributed by atoms with Crippen LogP contribution in [0.2, 0.25) is 0 Å². The van der Waals surface area contributed by atoms with Gasteiger partial charge >= 0.3 is 5.97 Å². The number of carboxylic acid groups (broad SMARTS) is 1. The van der Waals surface area contributed by atoms with Crippen LogP contribution in [0.15, 0.2) is 53.6 Å². The zero-order valence-electron chi connectivity index (χ0n) is 12.9. The van der Waals surface area contributed by atoms with Crippen LogP contribution in [0.3, 0.4) is 0 Å². The Labute approximate surface area is 148 Å². The molecular formula is C18H14N2O4S. The topological polar surface area (TPSA) is 99.5 Å². The van der Waals surface area contributed by atoms with E-state index in [0.717, 1.165) is 11.1 Å². The van der Waals surface area contributed by atoms with E-state index in [-0.39, 0.29) is 16.5 Å². The molecule has 0 aliphatic rings. The van der Waals surface area contributed by atoms with Crippen LogP contribution in [0, 0.1) is 0 Å². The van der Waals surface area contributed by atoms with E-state index < -0.39 is 18.4 Å². The quantitative estimate of drug-likeness (QED) is 0.540. The predicted molar refractivity (Wildman–Crippen MR) is 96.1 cm³/mol. The van der Waals surface area contributed by atoms with Crippen molar-refractivity contribution in [2.75, 3.05) is 6.54 Å². The Morgan fingerprint density at radius 2 is 1.76 bits per heavy atom. The summed E-state index contributed by atoms with van der Waals surface area (Å²) in [5.74, 6) is -2.28. The van der Waals surface area contributed by atoms with Crippen LogP contribution in [0.25, 0.3) is 21.9 Å². The van der Waals surface area contributed by atoms with Gasteiger partial charge in [0.25, 0.3) is 5.91 Å². The molecule has 2 aromatic carbocycles. The molecule has 25 heavy (non-hydrogen) atoms. The van der Waals surface area contributed by atoms with E-state index in [0.29, 0.717) is 10.8 Å². The molecule has 3 rings (SSSR count). The summed E-state index contributed by atoms with van der Waals surface area (Å²) in [6.07, 6.45) is 0. The van der Waals surface area contributed by atoms with Gasteiger partial charge in [-0.05, 0) is 17.2 Å². The molecule has 0 atom stereocenters. The SMILES string of the molecule is O=C(O)CNC(=O)c1nc(S)c2ccc(-c3ccccc3)cc2c1O. The van der Waals surface area contributed by atoms with Crippen molar-refractivity contribution in [2.45, 2.75) is 5.03 Å². The summed E-state index contributed by atoms with van der Waals surface area (Å²) in [7, 11) is 0. The Bertz CT molecular complexity index is 974. The molecular weight excluding hydrogens is 340 g/mol. The summed E-state index contributed by atoms with van der Waals surface area (Å²) in [5.41, 5.74) is 1.56. The number of rotatable bonds is 4. The average molecular weight is 354 g/mol. The van der Waals surface area contributed by atoms with Crippen LogP contribution in [-0.4, -0.2) is 33.6 Å². The van der Waals surface area contributed by atoms with Crippen molar-refractivity contribution >= 4 is 35.3 Å². The van der Waals surface area contributed by atoms with Crippen molar-refractivity contribution in [2.24, 2.45) is 0 Å². The predicted octanol–water partition coefficient (Wildman–Crippen LogP) is 2.71. The largest absolute Gasteiger partial charge is 0.505 e. The minimum absolute atomic E-state index is 0.260. The maximum absolute atomic E-state index is 12.1. The number of hydrogen-bond donors (Lipinski definition) is 4. The van der Waals surface area contributed by atoms with Gasteiger partial charge in [-0.2, -0.15) is 0 Å². The maximum Gasteiger partial charge on any atom is 0.322 e. The molecule has 0 saturated heterocycles. The van der Waals surface area contributed by atoms with Crippen molar-refractivity contribution in [3.8, 4) is 16.9 Å². The number of nitrogens with zero attached hydrogens (tertiary/aromatic N) is 1. The summed E-state index contributed by atoms with van der Waals surface area (Å²) in [5, 5.41) is 22.6. The Balaban J connectivity index is 2.10. The van der Waals surface area contributed by atoms with Gasteiger partial charge in [-0.25, -0.2) is 4.98 Å². The lowest BCUT2D eigenvalue weighted by atomic mass is 10.0. The third-order valence-corrected chi connectivity index (χ3v) is 4.02. The highest BCUT2D eigenvalue weighted by molar-refractivity contribution is 7.80. The van der Waals surface area contributed by atoms with Crippen molar-refractivity contribution in [3.05, 3.63) is 54.2 Å². The highest BCUT2D eigenvalue weighted by atomic mass is 32.1. The molecule has 0 bridgehead atoms. The molecule has 0 aliphatic carbocycles. The first-order chi connectivity index (χ1) is 12.0. The number of thiol groups is 1. The van der Waals surface area contributed by atoms with Crippen molar-refractivity contribution in [3.63, 3.8) is 0 Å². The summed E-state index contributed by atoms with van der Waals surface area (Å²) in [6, 6.07) is 15.0. The first-order valence-corrected chi connectivity index (χ1v) is 7.83. The minimum atomic E-state index is -1.19. The fourth-order valence-corrected chi connectivity index (χ4v) is 2.78. The lowest BCUT2D eigenvalue weighted by molar-refractivity contribution is -0.135. The summed E-state index contributed by atoms with van der Waals surface area (Å²) >= 11 is 4.27. The van der Waals surface area contributed by atoms with Gasteiger partial charge in [-0.3, -0.25) is 9.59 Å². The van der Waals surface area contributed by atoms with Crippen LogP contribution in [0.5, 0.6) is 5.75 Å². The number of amides is 1. The number of nitrogens with one attached hydrogen (secondary N) is 1. The molecule has 3 N–H and O–H groups in total. The van der Waals surface area contributed by atoms with Gasteiger partial charge in [-0.15, -0.1) is 12.6 Å². The number of hydrogen-bond acceptors (Lipinski definition) is 5. The average Bonchev–Trinajstić information content (AvgIpc) is 2.63. The Morgan fingerprint density at radius 1 is 1.04 bits per heavy atom. The van der Waals surface area contributed by atoms with Gasteiger partial charge in [0.1, 0.15) is 11.6 Å². The van der Waals surface area contributed by atoms with Gasteiger partial charge in [-0.1, -0.05) is 42.5 Å². The van der Waals surface area contributed by atoms with Crippen LogP contribution >= 0.6 is 12.6 Å². The molecule has 7 heteroatoms. The summed E-state index contributed by atoms with van der Waals surface area (Å²) < 4.78 is 0. The second kappa shape index (κ2) is 6.82. The molecule has 0 aliphatic heterocycles. The molecule has 0 fully saturated rings. The van der Waals surface area contributed by atoms with Gasteiger partial charge in [0, 0.05) is 10.8 Å². The minimum Gasteiger partial charge on any atom is -0.505 e. The number of fused-ring (bicyclic) bond motifs is 1. The number of pyridine rings is 1. The van der Waals surface area contributed by atoms with Crippen LogP contribution in [-0.2, 0) is 4.79 Å². The Morgan fingerprint density at radius 3 is 2.44 bits per heavy atom. The van der Waals surface area contributed by atoms with Gasteiger partial charge < -0.3 is 15.5 Å². The highest BCUT2D eigenvalue weighted by Crippen LogP contribution is 2.34. The van der Waals surface area contributed by atoms with Crippen LogP contribution in [0.4, 0.5) is 0 Å². The fourth-order valence-electron chi connectivity index (χ4n) is 2.49. The number of benzene rings is 2. The molecule has 0 saturated carbocycles. The first-order valence-electron chi connectivity index (χ1n) is 7.38. The third kappa shape index (κ3) is 3.41. The Hall–Kier alpha value is -3.06. The van der Waals surface area contributed by atoms with E-state index in [1.165, 1.54) is 0 Å². The van der Waals surface area contributed by atoms with E-state index >= 15 is 0 Å². The number of aromatic hydroxyl groups is 1. The molecule has 1 heterocycles. The van der Waals surface area contributed by atoms with Crippen LogP contribution < -0.4 is 5.32 Å². The van der Waals surface area contributed by atoms with Crippen LogP contribution in [0.1, 0.15) is 10.5 Å². The standard InChI is InChI=1S/C18H14N2O4S/c21-14(22)9-19-17(24)15-16(23)13-8-11(10-4-2-1-3-5-10)6-7-12(13)18(25)20-15/h1-8,23H,9H2,(H,19,24)(H,20,25)(H,21,22). The lowest BCUT2D eigenvalue weighted by Gasteiger charge is -2.11. The van der Waals surface area contributed by atoms with Gasteiger partial charge in [0.2, 0.25) is 0 Å². The van der Waals surface area contributed by atoms with Gasteiger partial charge in [0.15, 0.2) is 11.4 Å². The van der Waals surface area contributed by atoms with E-state index in [1.54, 1.807) is 12.1 Å². The normalized spacial score (nSPS) is 10.6. The van der Waals surface area contributed by atoms with Gasteiger partial charge in [0.05, 0.1) is 0 Å². The zero-order valence-corrected chi connectivity index (χ0v) is 13.8. The first kappa shape index (κ1) is 16.8. The zero-order chi connectivity index (χ0) is 18.0. The molecule has 1 amide bonds. The number of carbonyl (C=O) groups excluding carboxylic acids is 1. The third-order valence-electron chi connectivity index (χ3n) is 3.68. The smallest absolute Gasteiger partial charge is 0.322 e. The lowest BCUT2D eigenvalue weighted by Crippen LogP contribution is -2.30. The summed E-state index contributed by atoms with van der Waals surface area (Å²) in [4.78, 5) is 26.7. The van der Waals surface area contributed by atoms with E-state index in [4.69, 9.17) is 5.11 Å². The molecule has 0 spiro atoms. The van der Waals surface area contributed by atoms with Crippen molar-refractivity contribution in [1.29, 1.82) is 0 Å². The summed E-state index contributed by atoms with van der Waals surface area (Å²) in [6.45, 7) is -0.566. The molecule has 126 valence electrons. The number of aromatic nitrogens is 1. The van der Waals surface area contributed by atoms with E-state index in [9.17, 15) is 14.7 Å². The highest BCUT2D eigenvalue weighted by Gasteiger charge is 2.19. The molecule has 0 unspecified atom stereocenters. The fraction of sp³-hybridized carbons (Fsp3) is 0.0556. The molecule has 1 aromatic heterocycles. The monoisotopic (exact) mass is 354 g/mol. The second-order valence-corrected chi connectivity index (χ2v) is 5.76. The second-order valence-electron chi connectivity index (χ2n) is 5.34. The van der Waals surface area contributed by atoms with Crippen molar-refractivity contribution < 1.29 is 19.8 Å². The molecule has 3 aromatic rings. The molecule has 0 radical (unpaired) electrons. The number of carboxylic acids is 1. The molecule has 6 nitrogen and oxygen atoms in total. The number of carbonyl (C=O) groups is 2. The maximum atomic E-state index is 12.1.